The van der Waals surface area contributed by atoms with E-state index in [-0.39, 0.29) is 6.61 Å². The molecule has 2 fully saturated rings. The Bertz CT molecular complexity index is 1130. The van der Waals surface area contributed by atoms with Gasteiger partial charge in [-0.25, -0.2) is 0 Å². The van der Waals surface area contributed by atoms with Crippen LogP contribution in [0.15, 0.2) is 30.3 Å². The Kier molecular flexibility index (Phi) is 12.2. The molecule has 0 bridgehead atoms. The third-order valence-electron chi connectivity index (χ3n) is 6.83. The normalized spacial score (nSPS) is 32.3. The van der Waals surface area contributed by atoms with Crippen LogP contribution in [-0.2, 0) is 63.7 Å². The van der Waals surface area contributed by atoms with E-state index in [1.54, 1.807) is 45.0 Å². The summed E-state index contributed by atoms with van der Waals surface area (Å²) in [5.41, 5.74) is -0.118. The first-order chi connectivity index (χ1) is 20.6. The standard InChI is InChI=1S/C30H42O14/c1-15-22(40-16(2)31)25(41-17(3)32)26(42-18(4)33)28(39-15)44-23-20(14-38-29(36)30(5,6)7)43-27(35)21(34)24(23)37-13-19-11-9-8-10-12-19/h8-12,15,20-28,34-35H,13-14H2,1-7H3/t15-,20+,21+,22-,23+,24+,25+,26+,27-,28-/m0/s1. The lowest BCUT2D eigenvalue weighted by Crippen LogP contribution is -2.65. The Morgan fingerprint density at radius 3 is 1.93 bits per heavy atom. The van der Waals surface area contributed by atoms with Crippen molar-refractivity contribution in [2.24, 2.45) is 5.41 Å². The molecular weight excluding hydrogens is 584 g/mol. The van der Waals surface area contributed by atoms with Crippen LogP contribution in [0.5, 0.6) is 0 Å². The number of aliphatic hydroxyl groups is 2. The summed E-state index contributed by atoms with van der Waals surface area (Å²) in [5.74, 6) is -2.81. The van der Waals surface area contributed by atoms with E-state index in [0.717, 1.165) is 26.3 Å². The number of aliphatic hydroxyl groups excluding tert-OH is 2. The number of ether oxygens (including phenoxy) is 8. The van der Waals surface area contributed by atoms with Crippen molar-refractivity contribution in [1.82, 2.24) is 0 Å². The summed E-state index contributed by atoms with van der Waals surface area (Å²) >= 11 is 0. The average Bonchev–Trinajstić information content (AvgIpc) is 2.92. The highest BCUT2D eigenvalue weighted by molar-refractivity contribution is 5.75. The lowest BCUT2D eigenvalue weighted by molar-refractivity contribution is -0.357. The van der Waals surface area contributed by atoms with Gasteiger partial charge in [0.15, 0.2) is 30.9 Å². The van der Waals surface area contributed by atoms with Crippen LogP contribution in [0.3, 0.4) is 0 Å². The molecular formula is C30H42O14. The van der Waals surface area contributed by atoms with E-state index in [4.69, 9.17) is 37.9 Å². The third-order valence-corrected chi connectivity index (χ3v) is 6.83. The van der Waals surface area contributed by atoms with Crippen molar-refractivity contribution >= 4 is 23.9 Å². The van der Waals surface area contributed by atoms with Gasteiger partial charge in [-0.05, 0) is 33.3 Å². The highest BCUT2D eigenvalue weighted by Crippen LogP contribution is 2.34. The first kappa shape index (κ1) is 35.3. The molecule has 0 unspecified atom stereocenters. The zero-order chi connectivity index (χ0) is 32.8. The topological polar surface area (TPSA) is 183 Å². The van der Waals surface area contributed by atoms with E-state index >= 15 is 0 Å². The molecule has 0 aromatic heterocycles. The fraction of sp³-hybridized carbons (Fsp3) is 0.667. The predicted octanol–water partition coefficient (Wildman–Crippen LogP) is 1.16. The van der Waals surface area contributed by atoms with E-state index in [1.165, 1.54) is 6.92 Å². The minimum Gasteiger partial charge on any atom is -0.462 e. The molecule has 0 amide bonds. The maximum atomic E-state index is 12.6. The average molecular weight is 627 g/mol. The third kappa shape index (κ3) is 9.43. The van der Waals surface area contributed by atoms with E-state index in [1.807, 2.05) is 6.07 Å². The lowest BCUT2D eigenvalue weighted by Gasteiger charge is -2.47. The van der Waals surface area contributed by atoms with Gasteiger partial charge in [-0.1, -0.05) is 30.3 Å². The second-order valence-corrected chi connectivity index (χ2v) is 11.7. The number of hydrogen-bond donors (Lipinski definition) is 2. The molecule has 0 saturated carbocycles. The van der Waals surface area contributed by atoms with Crippen LogP contribution in [-0.4, -0.2) is 102 Å². The predicted molar refractivity (Wildman–Crippen MR) is 148 cm³/mol. The SMILES string of the molecule is CC(=O)O[C@@H]1[C@@H](OC(C)=O)[C@H](C)O[C@@H](O[C@H]2[C@H](OCc3ccccc3)[C@@H](O)[C@@H](O)O[C@@H]2COC(=O)C(C)(C)C)[C@@H]1OC(C)=O. The maximum absolute atomic E-state index is 12.6. The molecule has 14 nitrogen and oxygen atoms in total. The number of esters is 4. The van der Waals surface area contributed by atoms with Crippen molar-refractivity contribution in [3.05, 3.63) is 35.9 Å². The van der Waals surface area contributed by atoms with Crippen LogP contribution in [0, 0.1) is 5.41 Å². The van der Waals surface area contributed by atoms with Gasteiger partial charge in [-0.2, -0.15) is 0 Å². The molecule has 2 N–H and O–H groups in total. The van der Waals surface area contributed by atoms with Crippen LogP contribution in [0.25, 0.3) is 0 Å². The smallest absolute Gasteiger partial charge is 0.311 e. The van der Waals surface area contributed by atoms with Crippen molar-refractivity contribution in [1.29, 1.82) is 0 Å². The minimum atomic E-state index is -1.74. The Morgan fingerprint density at radius 1 is 0.795 bits per heavy atom. The van der Waals surface area contributed by atoms with E-state index in [2.05, 4.69) is 0 Å². The molecule has 0 spiro atoms. The molecule has 14 heteroatoms. The molecule has 10 atom stereocenters. The Hall–Kier alpha value is -3.14. The van der Waals surface area contributed by atoms with Gasteiger partial charge in [0.2, 0.25) is 0 Å². The van der Waals surface area contributed by atoms with E-state index < -0.39 is 97.3 Å². The van der Waals surface area contributed by atoms with Crippen LogP contribution in [0.2, 0.25) is 0 Å². The maximum Gasteiger partial charge on any atom is 0.311 e. The highest BCUT2D eigenvalue weighted by Gasteiger charge is 2.55. The van der Waals surface area contributed by atoms with Gasteiger partial charge in [0.25, 0.3) is 0 Å². The van der Waals surface area contributed by atoms with Gasteiger partial charge in [0.1, 0.15) is 31.0 Å². The molecule has 1 aromatic rings. The van der Waals surface area contributed by atoms with Crippen molar-refractivity contribution < 1.29 is 67.3 Å². The van der Waals surface area contributed by atoms with Crippen molar-refractivity contribution in [2.75, 3.05) is 6.61 Å². The van der Waals surface area contributed by atoms with Crippen LogP contribution < -0.4 is 0 Å². The van der Waals surface area contributed by atoms with Gasteiger partial charge < -0.3 is 48.1 Å². The number of carbonyl (C=O) groups excluding carboxylic acids is 4. The minimum absolute atomic E-state index is 0.0104. The zero-order valence-corrected chi connectivity index (χ0v) is 25.9. The molecule has 3 rings (SSSR count). The van der Waals surface area contributed by atoms with Crippen LogP contribution in [0.4, 0.5) is 0 Å². The monoisotopic (exact) mass is 626 g/mol. The summed E-state index contributed by atoms with van der Waals surface area (Å²) in [6.07, 6.45) is -13.6. The van der Waals surface area contributed by atoms with Gasteiger partial charge in [-0.3, -0.25) is 19.2 Å². The second-order valence-electron chi connectivity index (χ2n) is 11.7. The Morgan fingerprint density at radius 2 is 1.36 bits per heavy atom. The van der Waals surface area contributed by atoms with Crippen LogP contribution >= 0.6 is 0 Å². The first-order valence-electron chi connectivity index (χ1n) is 14.3. The summed E-state index contributed by atoms with van der Waals surface area (Å²) in [6.45, 7) is 9.48. The summed E-state index contributed by atoms with van der Waals surface area (Å²) < 4.78 is 45.7. The van der Waals surface area contributed by atoms with E-state index in [0.29, 0.717) is 0 Å². The summed E-state index contributed by atoms with van der Waals surface area (Å²) in [6, 6.07) is 9.00. The molecule has 44 heavy (non-hydrogen) atoms. The van der Waals surface area contributed by atoms with Gasteiger partial charge >= 0.3 is 23.9 Å². The van der Waals surface area contributed by atoms with E-state index in [9.17, 15) is 29.4 Å². The molecule has 0 radical (unpaired) electrons. The summed E-state index contributed by atoms with van der Waals surface area (Å²) in [4.78, 5) is 48.7. The molecule has 2 heterocycles. The van der Waals surface area contributed by atoms with Gasteiger partial charge in [0.05, 0.1) is 18.1 Å². The first-order valence-corrected chi connectivity index (χ1v) is 14.3. The summed E-state index contributed by atoms with van der Waals surface area (Å²) in [5, 5.41) is 21.6. The number of hydrogen-bond acceptors (Lipinski definition) is 14. The van der Waals surface area contributed by atoms with Crippen molar-refractivity contribution in [2.45, 2.75) is 116 Å². The fourth-order valence-electron chi connectivity index (χ4n) is 4.77. The van der Waals surface area contributed by atoms with Gasteiger partial charge in [0, 0.05) is 20.8 Å². The lowest BCUT2D eigenvalue weighted by atomic mass is 9.96. The molecule has 2 saturated heterocycles. The second kappa shape index (κ2) is 15.2. The molecule has 1 aromatic carbocycles. The van der Waals surface area contributed by atoms with Crippen molar-refractivity contribution in [3.8, 4) is 0 Å². The number of carbonyl (C=O) groups is 4. The number of benzene rings is 1. The van der Waals surface area contributed by atoms with Crippen molar-refractivity contribution in [3.63, 3.8) is 0 Å². The Labute approximate surface area is 255 Å². The molecule has 246 valence electrons. The summed E-state index contributed by atoms with van der Waals surface area (Å²) in [7, 11) is 0. The zero-order valence-electron chi connectivity index (χ0n) is 25.9. The highest BCUT2D eigenvalue weighted by atomic mass is 16.8. The van der Waals surface area contributed by atoms with Gasteiger partial charge in [-0.15, -0.1) is 0 Å². The molecule has 0 aliphatic carbocycles. The Balaban J connectivity index is 1.99. The van der Waals surface area contributed by atoms with Crippen LogP contribution in [0.1, 0.15) is 54.0 Å². The quantitative estimate of drug-likeness (QED) is 0.279. The number of rotatable bonds is 10. The molecule has 2 aliphatic heterocycles. The fourth-order valence-corrected chi connectivity index (χ4v) is 4.77. The largest absolute Gasteiger partial charge is 0.462 e. The molecule has 2 aliphatic rings.